The molecular formula is C26H25NO4S. The predicted molar refractivity (Wildman–Crippen MR) is 127 cm³/mol. The summed E-state index contributed by atoms with van der Waals surface area (Å²) in [4.78, 5) is 28.7. The summed E-state index contributed by atoms with van der Waals surface area (Å²) in [5.74, 6) is -0.802. The Morgan fingerprint density at radius 1 is 1.03 bits per heavy atom. The number of hydrogen-bond acceptors (Lipinski definition) is 5. The Morgan fingerprint density at radius 2 is 1.78 bits per heavy atom. The molecule has 1 saturated heterocycles. The van der Waals surface area contributed by atoms with Crippen molar-refractivity contribution in [1.82, 2.24) is 0 Å². The van der Waals surface area contributed by atoms with Crippen molar-refractivity contribution >= 4 is 34.5 Å². The van der Waals surface area contributed by atoms with Gasteiger partial charge in [-0.3, -0.25) is 14.5 Å². The molecule has 0 spiro atoms. The van der Waals surface area contributed by atoms with E-state index in [1.807, 2.05) is 69.5 Å². The summed E-state index contributed by atoms with van der Waals surface area (Å²) < 4.78 is 5.79. The number of ether oxygens (including phenoxy) is 1. The standard InChI is InChI=1S/C26H25NO4S/c1-15(2)31-20-12-11-18(14-17(20)4)24(28)22-23(21-10-7-13-32-21)27(26(30)25(22)29)19-9-6-5-8-16(19)3/h5-15,23,28H,1-4H3/b24-22-. The van der Waals surface area contributed by atoms with E-state index in [0.29, 0.717) is 17.0 Å². The third kappa shape index (κ3) is 3.82. The second-order valence-electron chi connectivity index (χ2n) is 8.12. The SMILES string of the molecule is Cc1cc(/C(O)=C2/C(=O)C(=O)N(c3ccccc3C)C2c2cccs2)ccc1OC(C)C. The number of rotatable bonds is 5. The lowest BCUT2D eigenvalue weighted by Gasteiger charge is -2.25. The molecule has 0 radical (unpaired) electrons. The van der Waals surface area contributed by atoms with Gasteiger partial charge in [0.1, 0.15) is 17.6 Å². The highest BCUT2D eigenvalue weighted by Crippen LogP contribution is 2.44. The van der Waals surface area contributed by atoms with Crippen molar-refractivity contribution in [2.24, 2.45) is 0 Å². The summed E-state index contributed by atoms with van der Waals surface area (Å²) in [6, 6.07) is 15.8. The van der Waals surface area contributed by atoms with Gasteiger partial charge in [0.05, 0.1) is 11.7 Å². The summed E-state index contributed by atoms with van der Waals surface area (Å²) in [6.45, 7) is 7.68. The summed E-state index contributed by atoms with van der Waals surface area (Å²) >= 11 is 1.45. The average Bonchev–Trinajstić information content (AvgIpc) is 3.37. The van der Waals surface area contributed by atoms with E-state index in [9.17, 15) is 14.7 Å². The van der Waals surface area contributed by atoms with Crippen molar-refractivity contribution in [1.29, 1.82) is 0 Å². The van der Waals surface area contributed by atoms with Crippen LogP contribution >= 0.6 is 11.3 Å². The molecule has 0 bridgehead atoms. The highest BCUT2D eigenvalue weighted by atomic mass is 32.1. The third-order valence-corrected chi connectivity index (χ3v) is 6.37. The minimum Gasteiger partial charge on any atom is -0.507 e. The van der Waals surface area contributed by atoms with Crippen LogP contribution in [0.5, 0.6) is 5.75 Å². The molecular weight excluding hydrogens is 422 g/mol. The Morgan fingerprint density at radius 3 is 2.41 bits per heavy atom. The van der Waals surface area contributed by atoms with Gasteiger partial charge in [0, 0.05) is 16.1 Å². The number of aryl methyl sites for hydroxylation is 2. The Balaban J connectivity index is 1.87. The molecule has 164 valence electrons. The first-order valence-corrected chi connectivity index (χ1v) is 11.3. The van der Waals surface area contributed by atoms with Gasteiger partial charge in [0.15, 0.2) is 0 Å². The first kappa shape index (κ1) is 21.8. The molecule has 1 amide bonds. The molecule has 2 heterocycles. The fraction of sp³-hybridized carbons (Fsp3) is 0.231. The zero-order chi connectivity index (χ0) is 23.0. The van der Waals surface area contributed by atoms with E-state index in [1.165, 1.54) is 16.2 Å². The van der Waals surface area contributed by atoms with E-state index in [0.717, 1.165) is 16.0 Å². The van der Waals surface area contributed by atoms with E-state index >= 15 is 0 Å². The maximum atomic E-state index is 13.2. The predicted octanol–water partition coefficient (Wildman–Crippen LogP) is 5.78. The number of amides is 1. The molecule has 0 saturated carbocycles. The van der Waals surface area contributed by atoms with Crippen molar-refractivity contribution in [3.63, 3.8) is 0 Å². The van der Waals surface area contributed by atoms with E-state index in [1.54, 1.807) is 18.2 Å². The fourth-order valence-electron chi connectivity index (χ4n) is 3.97. The van der Waals surface area contributed by atoms with Gasteiger partial charge >= 0.3 is 0 Å². The molecule has 6 heteroatoms. The van der Waals surface area contributed by atoms with E-state index in [-0.39, 0.29) is 17.4 Å². The molecule has 1 aliphatic rings. The molecule has 1 fully saturated rings. The number of ketones is 1. The van der Waals surface area contributed by atoms with Gasteiger partial charge in [-0.1, -0.05) is 24.3 Å². The van der Waals surface area contributed by atoms with E-state index < -0.39 is 17.7 Å². The van der Waals surface area contributed by atoms with Crippen LogP contribution in [-0.4, -0.2) is 22.9 Å². The number of para-hydroxylation sites is 1. The smallest absolute Gasteiger partial charge is 0.300 e. The number of benzene rings is 2. The first-order valence-electron chi connectivity index (χ1n) is 10.5. The Hall–Kier alpha value is -3.38. The maximum Gasteiger partial charge on any atom is 0.300 e. The quantitative estimate of drug-likeness (QED) is 0.306. The topological polar surface area (TPSA) is 66.8 Å². The molecule has 5 nitrogen and oxygen atoms in total. The van der Waals surface area contributed by atoms with Crippen LogP contribution in [0.25, 0.3) is 5.76 Å². The minimum atomic E-state index is -0.692. The van der Waals surface area contributed by atoms with Gasteiger partial charge in [-0.15, -0.1) is 11.3 Å². The lowest BCUT2D eigenvalue weighted by atomic mass is 9.98. The number of carbonyl (C=O) groups is 2. The first-order chi connectivity index (χ1) is 15.3. The van der Waals surface area contributed by atoms with Gasteiger partial charge in [-0.05, 0) is 74.5 Å². The summed E-state index contributed by atoms with van der Waals surface area (Å²) in [5, 5.41) is 13.2. The monoisotopic (exact) mass is 447 g/mol. The molecule has 2 aromatic carbocycles. The highest BCUT2D eigenvalue weighted by Gasteiger charge is 2.47. The van der Waals surface area contributed by atoms with Crippen LogP contribution in [0.4, 0.5) is 5.69 Å². The maximum absolute atomic E-state index is 13.2. The van der Waals surface area contributed by atoms with Gasteiger partial charge in [0.25, 0.3) is 11.7 Å². The minimum absolute atomic E-state index is 0.0198. The molecule has 3 aromatic rings. The number of Topliss-reactive ketones (excluding diaryl/α,β-unsaturated/α-hetero) is 1. The normalized spacial score (nSPS) is 17.9. The van der Waals surface area contributed by atoms with Crippen molar-refractivity contribution in [2.75, 3.05) is 4.90 Å². The van der Waals surface area contributed by atoms with Gasteiger partial charge in [0.2, 0.25) is 0 Å². The number of carbonyl (C=O) groups excluding carboxylic acids is 2. The van der Waals surface area contributed by atoms with Gasteiger partial charge in [-0.2, -0.15) is 0 Å². The van der Waals surface area contributed by atoms with E-state index in [2.05, 4.69) is 0 Å². The number of nitrogens with zero attached hydrogens (tertiary/aromatic N) is 1. The number of hydrogen-bond donors (Lipinski definition) is 1. The van der Waals surface area contributed by atoms with Crippen LogP contribution < -0.4 is 9.64 Å². The van der Waals surface area contributed by atoms with Crippen molar-refractivity contribution < 1.29 is 19.4 Å². The van der Waals surface area contributed by atoms with Crippen molar-refractivity contribution in [3.05, 3.63) is 87.1 Å². The van der Waals surface area contributed by atoms with Crippen LogP contribution in [0, 0.1) is 13.8 Å². The van der Waals surface area contributed by atoms with Crippen LogP contribution in [0.3, 0.4) is 0 Å². The second-order valence-corrected chi connectivity index (χ2v) is 9.10. The largest absolute Gasteiger partial charge is 0.507 e. The van der Waals surface area contributed by atoms with E-state index in [4.69, 9.17) is 4.74 Å². The van der Waals surface area contributed by atoms with Crippen LogP contribution in [0.1, 0.15) is 41.5 Å². The zero-order valence-electron chi connectivity index (χ0n) is 18.5. The van der Waals surface area contributed by atoms with Crippen molar-refractivity contribution in [2.45, 2.75) is 39.8 Å². The molecule has 1 atom stereocenters. The van der Waals surface area contributed by atoms with Crippen LogP contribution in [-0.2, 0) is 9.59 Å². The lowest BCUT2D eigenvalue weighted by molar-refractivity contribution is -0.132. The lowest BCUT2D eigenvalue weighted by Crippen LogP contribution is -2.29. The molecule has 1 unspecified atom stereocenters. The molecule has 0 aliphatic carbocycles. The Bertz CT molecular complexity index is 1210. The fourth-order valence-corrected chi connectivity index (χ4v) is 4.79. The number of thiophene rings is 1. The summed E-state index contributed by atoms with van der Waals surface area (Å²) in [7, 11) is 0. The second kappa shape index (κ2) is 8.63. The van der Waals surface area contributed by atoms with Gasteiger partial charge < -0.3 is 9.84 Å². The Kier molecular flexibility index (Phi) is 5.89. The van der Waals surface area contributed by atoms with Crippen LogP contribution in [0.15, 0.2) is 65.6 Å². The highest BCUT2D eigenvalue weighted by molar-refractivity contribution is 7.10. The van der Waals surface area contributed by atoms with Crippen LogP contribution in [0.2, 0.25) is 0 Å². The molecule has 1 aliphatic heterocycles. The molecule has 32 heavy (non-hydrogen) atoms. The molecule has 1 aromatic heterocycles. The summed E-state index contributed by atoms with van der Waals surface area (Å²) in [5.41, 5.74) is 2.94. The number of aliphatic hydroxyl groups excluding tert-OH is 1. The number of aliphatic hydroxyl groups is 1. The Labute approximate surface area is 191 Å². The zero-order valence-corrected chi connectivity index (χ0v) is 19.3. The summed E-state index contributed by atoms with van der Waals surface area (Å²) in [6.07, 6.45) is 0.0198. The third-order valence-electron chi connectivity index (χ3n) is 5.44. The number of anilines is 1. The van der Waals surface area contributed by atoms with Gasteiger partial charge in [-0.25, -0.2) is 0 Å². The molecule has 4 rings (SSSR count). The molecule has 1 N–H and O–H groups in total. The van der Waals surface area contributed by atoms with Crippen molar-refractivity contribution in [3.8, 4) is 5.75 Å². The average molecular weight is 448 g/mol.